The highest BCUT2D eigenvalue weighted by Crippen LogP contribution is 2.34. The third-order valence-corrected chi connectivity index (χ3v) is 5.00. The third kappa shape index (κ3) is 4.50. The highest BCUT2D eigenvalue weighted by molar-refractivity contribution is 5.76. The number of para-hydroxylation sites is 2. The van der Waals surface area contributed by atoms with E-state index >= 15 is 0 Å². The number of hydrogen-bond acceptors (Lipinski definition) is 1. The van der Waals surface area contributed by atoms with Crippen LogP contribution in [0.5, 0.6) is 0 Å². The molecule has 1 heteroatoms. The first kappa shape index (κ1) is 18.1. The van der Waals surface area contributed by atoms with Crippen molar-refractivity contribution in [2.75, 3.05) is 4.90 Å². The second-order valence-corrected chi connectivity index (χ2v) is 7.01. The number of hydrogen-bond donors (Lipinski definition) is 0. The van der Waals surface area contributed by atoms with Crippen LogP contribution in [-0.4, -0.2) is 0 Å². The fourth-order valence-corrected chi connectivity index (χ4v) is 3.55. The van der Waals surface area contributed by atoms with Crippen molar-refractivity contribution < 1.29 is 0 Å². The zero-order valence-corrected chi connectivity index (χ0v) is 16.0. The Labute approximate surface area is 167 Å². The molecule has 0 saturated carbocycles. The topological polar surface area (TPSA) is 3.24 Å². The average Bonchev–Trinajstić information content (AvgIpc) is 2.77. The van der Waals surface area contributed by atoms with Gasteiger partial charge >= 0.3 is 0 Å². The maximum absolute atomic E-state index is 2.30. The lowest BCUT2D eigenvalue weighted by atomic mass is 10.0. The molecule has 0 heterocycles. The fourth-order valence-electron chi connectivity index (χ4n) is 3.55. The van der Waals surface area contributed by atoms with Crippen molar-refractivity contribution in [2.24, 2.45) is 0 Å². The number of nitrogens with zero attached hydrogens (tertiary/aromatic N) is 1. The van der Waals surface area contributed by atoms with Crippen molar-refractivity contribution in [3.63, 3.8) is 0 Å². The summed E-state index contributed by atoms with van der Waals surface area (Å²) in [4.78, 5) is 2.30. The first-order valence-electron chi connectivity index (χ1n) is 9.93. The minimum absolute atomic E-state index is 1.10. The number of benzene rings is 4. The van der Waals surface area contributed by atoms with Gasteiger partial charge in [0, 0.05) is 17.1 Å². The van der Waals surface area contributed by atoms with E-state index in [4.69, 9.17) is 0 Å². The zero-order chi connectivity index (χ0) is 19.0. The minimum atomic E-state index is 1.10. The average molecular weight is 364 g/mol. The molecule has 0 amide bonds. The van der Waals surface area contributed by atoms with E-state index in [1.165, 1.54) is 34.6 Å². The molecular formula is C27H25N. The van der Waals surface area contributed by atoms with Crippen LogP contribution in [0.25, 0.3) is 0 Å². The van der Waals surface area contributed by atoms with Crippen molar-refractivity contribution in [3.05, 3.63) is 126 Å². The lowest BCUT2D eigenvalue weighted by molar-refractivity contribution is 0.821. The van der Waals surface area contributed by atoms with Crippen molar-refractivity contribution in [3.8, 4) is 0 Å². The standard InChI is InChI=1S/C27H25N/c1-4-11-23(12-5-1)13-10-14-24-19-21-27(22-20-24)28(25-15-6-2-7-16-25)26-17-8-3-9-18-26/h1-9,11-12,15-22H,10,13-14H2. The molecule has 4 rings (SSSR count). The number of aryl methyl sites for hydroxylation is 2. The van der Waals surface area contributed by atoms with E-state index in [0.29, 0.717) is 0 Å². The molecule has 0 unspecified atom stereocenters. The first-order valence-corrected chi connectivity index (χ1v) is 9.93. The summed E-state index contributed by atoms with van der Waals surface area (Å²) in [6.45, 7) is 0. The maximum Gasteiger partial charge on any atom is 0.0461 e. The summed E-state index contributed by atoms with van der Waals surface area (Å²) in [5.74, 6) is 0. The van der Waals surface area contributed by atoms with Crippen molar-refractivity contribution in [1.82, 2.24) is 0 Å². The van der Waals surface area contributed by atoms with Crippen LogP contribution in [0.1, 0.15) is 17.5 Å². The Bertz CT molecular complexity index is 921. The van der Waals surface area contributed by atoms with E-state index in [2.05, 4.69) is 120 Å². The minimum Gasteiger partial charge on any atom is -0.311 e. The highest BCUT2D eigenvalue weighted by Gasteiger charge is 2.11. The largest absolute Gasteiger partial charge is 0.311 e. The van der Waals surface area contributed by atoms with Crippen molar-refractivity contribution in [2.45, 2.75) is 19.3 Å². The molecule has 0 atom stereocenters. The quantitative estimate of drug-likeness (QED) is 0.332. The molecule has 0 aromatic heterocycles. The first-order chi connectivity index (χ1) is 13.9. The number of anilines is 3. The molecule has 28 heavy (non-hydrogen) atoms. The third-order valence-electron chi connectivity index (χ3n) is 5.00. The molecule has 138 valence electrons. The van der Waals surface area contributed by atoms with Crippen LogP contribution in [0.2, 0.25) is 0 Å². The van der Waals surface area contributed by atoms with Gasteiger partial charge in [0.15, 0.2) is 0 Å². The monoisotopic (exact) mass is 363 g/mol. The van der Waals surface area contributed by atoms with E-state index in [1.807, 2.05) is 0 Å². The van der Waals surface area contributed by atoms with Crippen LogP contribution < -0.4 is 4.90 Å². The van der Waals surface area contributed by atoms with Gasteiger partial charge in [-0.1, -0.05) is 78.9 Å². The van der Waals surface area contributed by atoms with Crippen LogP contribution in [-0.2, 0) is 12.8 Å². The summed E-state index contributed by atoms with van der Waals surface area (Å²) in [7, 11) is 0. The summed E-state index contributed by atoms with van der Waals surface area (Å²) in [5, 5.41) is 0. The molecule has 0 spiro atoms. The molecule has 1 nitrogen and oxygen atoms in total. The van der Waals surface area contributed by atoms with Gasteiger partial charge in [-0.15, -0.1) is 0 Å². The lowest BCUT2D eigenvalue weighted by Crippen LogP contribution is -2.09. The Morgan fingerprint density at radius 3 is 1.29 bits per heavy atom. The molecule has 4 aromatic carbocycles. The van der Waals surface area contributed by atoms with Gasteiger partial charge < -0.3 is 4.90 Å². The summed E-state index contributed by atoms with van der Waals surface area (Å²) < 4.78 is 0. The van der Waals surface area contributed by atoms with E-state index < -0.39 is 0 Å². The lowest BCUT2D eigenvalue weighted by Gasteiger charge is -2.25. The van der Waals surface area contributed by atoms with E-state index in [9.17, 15) is 0 Å². The van der Waals surface area contributed by atoms with E-state index in [1.54, 1.807) is 0 Å². The van der Waals surface area contributed by atoms with Crippen LogP contribution in [0.15, 0.2) is 115 Å². The molecule has 0 N–H and O–H groups in total. The molecule has 0 fully saturated rings. The Hall–Kier alpha value is -3.32. The van der Waals surface area contributed by atoms with Crippen molar-refractivity contribution >= 4 is 17.1 Å². The summed E-state index contributed by atoms with van der Waals surface area (Å²) in [6, 6.07) is 40.8. The second-order valence-electron chi connectivity index (χ2n) is 7.01. The molecule has 0 aliphatic rings. The molecular weight excluding hydrogens is 338 g/mol. The Kier molecular flexibility index (Phi) is 5.84. The van der Waals surface area contributed by atoms with E-state index in [-0.39, 0.29) is 0 Å². The maximum atomic E-state index is 2.30. The van der Waals surface area contributed by atoms with Crippen LogP contribution in [0, 0.1) is 0 Å². The second kappa shape index (κ2) is 9.05. The van der Waals surface area contributed by atoms with Crippen LogP contribution >= 0.6 is 0 Å². The van der Waals surface area contributed by atoms with Gasteiger partial charge in [-0.2, -0.15) is 0 Å². The molecule has 4 aromatic rings. The Morgan fingerprint density at radius 1 is 0.393 bits per heavy atom. The van der Waals surface area contributed by atoms with Gasteiger partial charge in [-0.05, 0) is 66.8 Å². The van der Waals surface area contributed by atoms with Gasteiger partial charge in [-0.25, -0.2) is 0 Å². The van der Waals surface area contributed by atoms with Gasteiger partial charge in [-0.3, -0.25) is 0 Å². The SMILES string of the molecule is c1ccc(CCCc2ccc(N(c3ccccc3)c3ccccc3)cc2)cc1. The number of rotatable bonds is 7. The summed E-state index contributed by atoms with van der Waals surface area (Å²) >= 11 is 0. The normalized spacial score (nSPS) is 10.6. The molecule has 0 aliphatic heterocycles. The Morgan fingerprint density at radius 2 is 0.786 bits per heavy atom. The van der Waals surface area contributed by atoms with Crippen LogP contribution in [0.3, 0.4) is 0 Å². The van der Waals surface area contributed by atoms with Gasteiger partial charge in [0.2, 0.25) is 0 Å². The van der Waals surface area contributed by atoms with Gasteiger partial charge in [0.05, 0.1) is 0 Å². The van der Waals surface area contributed by atoms with Crippen LogP contribution in [0.4, 0.5) is 17.1 Å². The summed E-state index contributed by atoms with van der Waals surface area (Å²) in [6.07, 6.45) is 3.40. The molecule has 0 radical (unpaired) electrons. The summed E-state index contributed by atoms with van der Waals surface area (Å²) in [5.41, 5.74) is 6.33. The predicted molar refractivity (Wildman–Crippen MR) is 120 cm³/mol. The molecule has 0 saturated heterocycles. The Balaban J connectivity index is 1.50. The highest BCUT2D eigenvalue weighted by atomic mass is 15.1. The van der Waals surface area contributed by atoms with Gasteiger partial charge in [0.25, 0.3) is 0 Å². The van der Waals surface area contributed by atoms with Gasteiger partial charge in [0.1, 0.15) is 0 Å². The fraction of sp³-hybridized carbons (Fsp3) is 0.111. The smallest absolute Gasteiger partial charge is 0.0461 e. The molecule has 0 aliphatic carbocycles. The zero-order valence-electron chi connectivity index (χ0n) is 16.0. The predicted octanol–water partition coefficient (Wildman–Crippen LogP) is 7.33. The molecule has 0 bridgehead atoms. The van der Waals surface area contributed by atoms with Crippen molar-refractivity contribution in [1.29, 1.82) is 0 Å². The van der Waals surface area contributed by atoms with E-state index in [0.717, 1.165) is 12.8 Å².